The van der Waals surface area contributed by atoms with Crippen LogP contribution in [0, 0.1) is 12.1 Å². The minimum Gasteiger partial charge on any atom is -0.316 e. The Morgan fingerprint density at radius 2 is 2.00 bits per heavy atom. The number of nitrogens with zero attached hydrogens (tertiary/aromatic N) is 1. The number of para-hydroxylation sites is 1. The van der Waals surface area contributed by atoms with Crippen molar-refractivity contribution in [1.29, 1.82) is 0 Å². The lowest BCUT2D eigenvalue weighted by Crippen LogP contribution is -1.82. The smallest absolute Gasteiger partial charge is 0.0625 e. The van der Waals surface area contributed by atoms with Gasteiger partial charge in [0.05, 0.1) is 16.4 Å². The van der Waals surface area contributed by atoms with Crippen molar-refractivity contribution in [2.45, 2.75) is 0 Å². The van der Waals surface area contributed by atoms with Gasteiger partial charge < -0.3 is 4.57 Å². The Morgan fingerprint density at radius 3 is 2.87 bits per heavy atom. The van der Waals surface area contributed by atoms with E-state index in [0.717, 1.165) is 10.9 Å². The molecule has 0 aliphatic carbocycles. The van der Waals surface area contributed by atoms with Crippen LogP contribution in [0.1, 0.15) is 0 Å². The normalized spacial score (nSPS) is 10.4. The first kappa shape index (κ1) is 8.14. The van der Waals surface area contributed by atoms with E-state index in [9.17, 15) is 0 Å². The van der Waals surface area contributed by atoms with Crippen LogP contribution in [0.5, 0.6) is 0 Å². The number of hydrogen-bond acceptors (Lipinski definition) is 0. The zero-order chi connectivity index (χ0) is 10.3. The number of aromatic nitrogens is 1. The van der Waals surface area contributed by atoms with Gasteiger partial charge in [-0.1, -0.05) is 36.9 Å². The maximum atomic E-state index is 3.84. The van der Waals surface area contributed by atoms with E-state index in [1.165, 1.54) is 10.9 Å². The molecule has 0 bridgehead atoms. The lowest BCUT2D eigenvalue weighted by molar-refractivity contribution is 1.30. The first-order valence-electron chi connectivity index (χ1n) is 4.85. The number of rotatable bonds is 1. The molecule has 1 heterocycles. The first-order valence-corrected chi connectivity index (χ1v) is 4.85. The molecular weight excluding hydrogens is 182 g/mol. The monoisotopic (exact) mass is 191 g/mol. The van der Waals surface area contributed by atoms with Crippen molar-refractivity contribution in [3.8, 4) is 0 Å². The van der Waals surface area contributed by atoms with Crippen molar-refractivity contribution >= 4 is 28.0 Å². The highest BCUT2D eigenvalue weighted by atomic mass is 14.9. The van der Waals surface area contributed by atoms with E-state index in [-0.39, 0.29) is 0 Å². The zero-order valence-corrected chi connectivity index (χ0v) is 8.20. The van der Waals surface area contributed by atoms with Crippen molar-refractivity contribution in [3.05, 3.63) is 55.1 Å². The Bertz CT molecular complexity index is 593. The quantitative estimate of drug-likeness (QED) is 0.554. The van der Waals surface area contributed by atoms with Crippen LogP contribution in [0.2, 0.25) is 0 Å². The van der Waals surface area contributed by atoms with Crippen LogP contribution in [0.4, 0.5) is 0 Å². The SMILES string of the molecule is C=Cn1c2ccc#cc2c2ccccc21. The summed E-state index contributed by atoms with van der Waals surface area (Å²) in [6, 6.07) is 18.3. The minimum absolute atomic E-state index is 1.10. The van der Waals surface area contributed by atoms with E-state index in [1.54, 1.807) is 0 Å². The maximum absolute atomic E-state index is 3.84. The highest BCUT2D eigenvalue weighted by Gasteiger charge is 2.06. The largest absolute Gasteiger partial charge is 0.316 e. The van der Waals surface area contributed by atoms with Crippen molar-refractivity contribution in [3.63, 3.8) is 0 Å². The van der Waals surface area contributed by atoms with Crippen LogP contribution in [-0.2, 0) is 0 Å². The van der Waals surface area contributed by atoms with Gasteiger partial charge in [0.2, 0.25) is 0 Å². The highest BCUT2D eigenvalue weighted by molar-refractivity contribution is 6.08. The van der Waals surface area contributed by atoms with Gasteiger partial charge in [0, 0.05) is 11.6 Å². The molecule has 0 saturated carbocycles. The Balaban J connectivity index is 2.68. The molecule has 1 heteroatoms. The molecule has 0 amide bonds. The molecule has 1 aromatic heterocycles. The molecule has 3 rings (SSSR count). The standard InChI is InChI=1S/C14H9N/c1-2-15-13-9-5-3-7-11(13)12-8-4-6-10-14(12)15/h2-3,5-7,9-10H,1H2. The molecular formula is C14H9N. The fourth-order valence-corrected chi connectivity index (χ4v) is 2.01. The summed E-state index contributed by atoms with van der Waals surface area (Å²) >= 11 is 0. The molecule has 1 nitrogen and oxygen atoms in total. The number of fused-ring (bicyclic) bond motifs is 3. The Kier molecular flexibility index (Phi) is 1.57. The van der Waals surface area contributed by atoms with E-state index in [4.69, 9.17) is 0 Å². The van der Waals surface area contributed by atoms with Gasteiger partial charge >= 0.3 is 0 Å². The molecule has 15 heavy (non-hydrogen) atoms. The van der Waals surface area contributed by atoms with E-state index in [0.29, 0.717) is 0 Å². The summed E-state index contributed by atoms with van der Waals surface area (Å²) in [6.45, 7) is 3.84. The molecule has 3 aromatic rings. The summed E-state index contributed by atoms with van der Waals surface area (Å²) in [5.41, 5.74) is 2.29. The van der Waals surface area contributed by atoms with Gasteiger partial charge in [0.25, 0.3) is 0 Å². The summed E-state index contributed by atoms with van der Waals surface area (Å²) in [6.07, 6.45) is 1.83. The van der Waals surface area contributed by atoms with Gasteiger partial charge in [-0.2, -0.15) is 0 Å². The van der Waals surface area contributed by atoms with Crippen molar-refractivity contribution < 1.29 is 0 Å². The van der Waals surface area contributed by atoms with E-state index in [2.05, 4.69) is 35.4 Å². The average molecular weight is 191 g/mol. The zero-order valence-electron chi connectivity index (χ0n) is 8.20. The average Bonchev–Trinajstić information content (AvgIpc) is 2.63. The molecule has 0 spiro atoms. The second-order valence-corrected chi connectivity index (χ2v) is 3.43. The Morgan fingerprint density at radius 1 is 1.13 bits per heavy atom. The van der Waals surface area contributed by atoms with Crippen LogP contribution in [0.15, 0.2) is 43.0 Å². The second-order valence-electron chi connectivity index (χ2n) is 3.43. The third-order valence-corrected chi connectivity index (χ3v) is 2.65. The second kappa shape index (κ2) is 2.90. The molecule has 0 atom stereocenters. The maximum Gasteiger partial charge on any atom is 0.0625 e. The summed E-state index contributed by atoms with van der Waals surface area (Å²) in [5.74, 6) is 0. The molecule has 0 N–H and O–H groups in total. The van der Waals surface area contributed by atoms with Gasteiger partial charge in [-0.25, -0.2) is 0 Å². The minimum atomic E-state index is 1.10. The fraction of sp³-hybridized carbons (Fsp3) is 0. The molecule has 0 saturated heterocycles. The highest BCUT2D eigenvalue weighted by Crippen LogP contribution is 2.26. The topological polar surface area (TPSA) is 4.93 Å². The van der Waals surface area contributed by atoms with Crippen LogP contribution in [-0.4, -0.2) is 4.57 Å². The predicted molar refractivity (Wildman–Crippen MR) is 63.5 cm³/mol. The first-order chi connectivity index (χ1) is 7.42. The number of benzene rings is 1. The van der Waals surface area contributed by atoms with Gasteiger partial charge in [-0.15, -0.1) is 0 Å². The van der Waals surface area contributed by atoms with Crippen LogP contribution in [0.3, 0.4) is 0 Å². The summed E-state index contributed by atoms with van der Waals surface area (Å²) in [4.78, 5) is 0. The molecule has 0 aliphatic rings. The molecule has 2 aromatic carbocycles. The molecule has 0 unspecified atom stereocenters. The fourth-order valence-electron chi connectivity index (χ4n) is 2.01. The Labute approximate surface area is 88.3 Å². The lowest BCUT2D eigenvalue weighted by Gasteiger charge is -1.96. The van der Waals surface area contributed by atoms with Gasteiger partial charge in [-0.05, 0) is 18.2 Å². The van der Waals surface area contributed by atoms with Crippen molar-refractivity contribution in [2.24, 2.45) is 0 Å². The van der Waals surface area contributed by atoms with Crippen molar-refractivity contribution in [1.82, 2.24) is 4.57 Å². The third-order valence-electron chi connectivity index (χ3n) is 2.65. The summed E-state index contributed by atoms with van der Waals surface area (Å²) < 4.78 is 2.08. The molecule has 0 aliphatic heterocycles. The van der Waals surface area contributed by atoms with Crippen LogP contribution >= 0.6 is 0 Å². The van der Waals surface area contributed by atoms with Gasteiger partial charge in [-0.3, -0.25) is 0 Å². The number of hydrogen-bond donors (Lipinski definition) is 0. The van der Waals surface area contributed by atoms with E-state index >= 15 is 0 Å². The summed E-state index contributed by atoms with van der Waals surface area (Å²) in [5, 5.41) is 2.30. The molecule has 0 radical (unpaired) electrons. The van der Waals surface area contributed by atoms with E-state index in [1.807, 2.05) is 30.5 Å². The van der Waals surface area contributed by atoms with Gasteiger partial charge in [0.15, 0.2) is 0 Å². The molecule has 0 fully saturated rings. The van der Waals surface area contributed by atoms with Crippen LogP contribution in [0.25, 0.3) is 28.0 Å². The predicted octanol–water partition coefficient (Wildman–Crippen LogP) is 3.50. The van der Waals surface area contributed by atoms with Gasteiger partial charge in [0.1, 0.15) is 0 Å². The molecule has 70 valence electrons. The Hall–Kier alpha value is -2.20. The third kappa shape index (κ3) is 0.992. The van der Waals surface area contributed by atoms with E-state index < -0.39 is 0 Å². The van der Waals surface area contributed by atoms with Crippen LogP contribution < -0.4 is 0 Å². The summed E-state index contributed by atoms with van der Waals surface area (Å²) in [7, 11) is 0. The lowest BCUT2D eigenvalue weighted by atomic mass is 10.2. The van der Waals surface area contributed by atoms with Crippen molar-refractivity contribution in [2.75, 3.05) is 0 Å².